The van der Waals surface area contributed by atoms with E-state index in [0.717, 1.165) is 11.0 Å². The number of hydrogen-bond acceptors (Lipinski definition) is 2. The minimum Gasteiger partial charge on any atom is -0.329 e. The summed E-state index contributed by atoms with van der Waals surface area (Å²) in [6.07, 6.45) is 1.23. The van der Waals surface area contributed by atoms with Crippen LogP contribution in [0, 0.1) is 17.7 Å². The van der Waals surface area contributed by atoms with Crippen LogP contribution in [0.2, 0.25) is 0 Å². The van der Waals surface area contributed by atoms with Crippen LogP contribution in [0.15, 0.2) is 22.7 Å². The van der Waals surface area contributed by atoms with Gasteiger partial charge in [-0.25, -0.2) is 4.39 Å². The largest absolute Gasteiger partial charge is 0.329 e. The van der Waals surface area contributed by atoms with Crippen molar-refractivity contribution in [1.29, 1.82) is 0 Å². The molecule has 1 aliphatic rings. The summed E-state index contributed by atoms with van der Waals surface area (Å²) in [7, 11) is 0. The Morgan fingerprint density at radius 3 is 2.75 bits per heavy atom. The molecule has 4 atom stereocenters. The molecule has 20 heavy (non-hydrogen) atoms. The van der Waals surface area contributed by atoms with E-state index in [1.165, 1.54) is 12.5 Å². The first-order valence-corrected chi connectivity index (χ1v) is 8.14. The Morgan fingerprint density at radius 2 is 2.10 bits per heavy atom. The summed E-state index contributed by atoms with van der Waals surface area (Å²) in [4.78, 5) is 2.38. The molecule has 0 aliphatic carbocycles. The second kappa shape index (κ2) is 6.54. The summed E-state index contributed by atoms with van der Waals surface area (Å²) in [5.74, 6) is 1.08. The standard InChI is InChI=1S/C16H24BrFN2/c1-10-6-11(2)12(3)20(9-10)16(8-19)14-7-13(17)4-5-15(14)18/h4-5,7,10-12,16H,6,8-9,19H2,1-3H3. The molecule has 1 aliphatic heterocycles. The molecule has 2 rings (SSSR count). The molecule has 1 aromatic carbocycles. The molecular weight excluding hydrogens is 319 g/mol. The van der Waals surface area contributed by atoms with Gasteiger partial charge in [-0.15, -0.1) is 0 Å². The van der Waals surface area contributed by atoms with Gasteiger partial charge in [0.1, 0.15) is 5.82 Å². The summed E-state index contributed by atoms with van der Waals surface area (Å²) in [6.45, 7) is 8.20. The van der Waals surface area contributed by atoms with Crippen molar-refractivity contribution in [3.63, 3.8) is 0 Å². The number of nitrogens with zero attached hydrogens (tertiary/aromatic N) is 1. The summed E-state index contributed by atoms with van der Waals surface area (Å²) < 4.78 is 15.1. The third-order valence-corrected chi connectivity index (χ3v) is 5.08. The molecule has 1 saturated heterocycles. The van der Waals surface area contributed by atoms with Gasteiger partial charge in [0.2, 0.25) is 0 Å². The van der Waals surface area contributed by atoms with Gasteiger partial charge in [-0.1, -0.05) is 29.8 Å². The Bertz CT molecular complexity index is 466. The van der Waals surface area contributed by atoms with Crippen LogP contribution in [0.5, 0.6) is 0 Å². The highest BCUT2D eigenvalue weighted by molar-refractivity contribution is 9.10. The van der Waals surface area contributed by atoms with Crippen LogP contribution in [0.1, 0.15) is 38.8 Å². The third-order valence-electron chi connectivity index (χ3n) is 4.58. The van der Waals surface area contributed by atoms with E-state index in [4.69, 9.17) is 5.73 Å². The molecule has 1 aromatic rings. The van der Waals surface area contributed by atoms with E-state index in [9.17, 15) is 4.39 Å². The number of rotatable bonds is 3. The smallest absolute Gasteiger partial charge is 0.128 e. The lowest BCUT2D eigenvalue weighted by Gasteiger charge is -2.45. The Labute approximate surface area is 129 Å². The van der Waals surface area contributed by atoms with Gasteiger partial charge < -0.3 is 5.73 Å². The van der Waals surface area contributed by atoms with E-state index >= 15 is 0 Å². The molecular formula is C16H24BrFN2. The minimum atomic E-state index is -0.165. The fourth-order valence-corrected chi connectivity index (χ4v) is 3.76. The van der Waals surface area contributed by atoms with Crippen molar-refractivity contribution in [2.45, 2.75) is 39.3 Å². The van der Waals surface area contributed by atoms with Gasteiger partial charge in [0, 0.05) is 29.2 Å². The molecule has 2 N–H and O–H groups in total. The molecule has 4 heteroatoms. The lowest BCUT2D eigenvalue weighted by Crippen LogP contribution is -2.49. The lowest BCUT2D eigenvalue weighted by molar-refractivity contribution is 0.0412. The van der Waals surface area contributed by atoms with Crippen molar-refractivity contribution in [3.8, 4) is 0 Å². The van der Waals surface area contributed by atoms with Crippen molar-refractivity contribution in [2.75, 3.05) is 13.1 Å². The molecule has 1 heterocycles. The SMILES string of the molecule is CC1CC(C)C(C)N(C(CN)c2cc(Br)ccc2F)C1. The zero-order valence-electron chi connectivity index (χ0n) is 12.4. The maximum atomic E-state index is 14.2. The molecule has 0 aromatic heterocycles. The van der Waals surface area contributed by atoms with Gasteiger partial charge in [0.25, 0.3) is 0 Å². The van der Waals surface area contributed by atoms with Crippen LogP contribution in [0.25, 0.3) is 0 Å². The first-order valence-electron chi connectivity index (χ1n) is 7.34. The van der Waals surface area contributed by atoms with Gasteiger partial charge in [-0.3, -0.25) is 4.90 Å². The van der Waals surface area contributed by atoms with E-state index in [-0.39, 0.29) is 11.9 Å². The number of halogens is 2. The van der Waals surface area contributed by atoms with Gasteiger partial charge in [-0.05, 0) is 43.4 Å². The topological polar surface area (TPSA) is 29.3 Å². The minimum absolute atomic E-state index is 0.0484. The van der Waals surface area contributed by atoms with E-state index in [2.05, 4.69) is 41.6 Å². The maximum absolute atomic E-state index is 14.2. The fourth-order valence-electron chi connectivity index (χ4n) is 3.38. The summed E-state index contributed by atoms with van der Waals surface area (Å²) >= 11 is 3.43. The number of nitrogens with two attached hydrogens (primary N) is 1. The second-order valence-corrected chi connectivity index (χ2v) is 7.09. The molecule has 0 radical (unpaired) electrons. The molecule has 0 bridgehead atoms. The predicted molar refractivity (Wildman–Crippen MR) is 85.0 cm³/mol. The van der Waals surface area contributed by atoms with Crippen LogP contribution >= 0.6 is 15.9 Å². The summed E-state index contributed by atoms with van der Waals surface area (Å²) in [5.41, 5.74) is 6.69. The van der Waals surface area contributed by atoms with E-state index in [1.54, 1.807) is 6.07 Å². The van der Waals surface area contributed by atoms with Crippen molar-refractivity contribution >= 4 is 15.9 Å². The summed E-state index contributed by atoms with van der Waals surface area (Å²) in [6, 6.07) is 5.50. The highest BCUT2D eigenvalue weighted by atomic mass is 79.9. The van der Waals surface area contributed by atoms with Gasteiger partial charge in [0.05, 0.1) is 6.04 Å². The second-order valence-electron chi connectivity index (χ2n) is 6.17. The average molecular weight is 343 g/mol. The van der Waals surface area contributed by atoms with Crippen LogP contribution < -0.4 is 5.73 Å². The van der Waals surface area contributed by atoms with Crippen molar-refractivity contribution in [2.24, 2.45) is 17.6 Å². The third kappa shape index (κ3) is 3.23. The van der Waals surface area contributed by atoms with E-state index in [1.807, 2.05) is 6.07 Å². The highest BCUT2D eigenvalue weighted by Gasteiger charge is 2.34. The first-order chi connectivity index (χ1) is 9.43. The molecule has 2 nitrogen and oxygen atoms in total. The predicted octanol–water partition coefficient (Wildman–Crippen LogP) is 3.95. The average Bonchev–Trinajstić information content (AvgIpc) is 2.40. The Balaban J connectivity index is 2.33. The van der Waals surface area contributed by atoms with E-state index < -0.39 is 0 Å². The Hall–Kier alpha value is -0.450. The Morgan fingerprint density at radius 1 is 1.40 bits per heavy atom. The first kappa shape index (κ1) is 15.9. The molecule has 0 amide bonds. The number of piperidine rings is 1. The quantitative estimate of drug-likeness (QED) is 0.900. The van der Waals surface area contributed by atoms with Crippen molar-refractivity contribution in [1.82, 2.24) is 4.90 Å². The molecule has 112 valence electrons. The lowest BCUT2D eigenvalue weighted by atomic mass is 9.84. The van der Waals surface area contributed by atoms with Crippen LogP contribution in [0.3, 0.4) is 0 Å². The monoisotopic (exact) mass is 342 g/mol. The van der Waals surface area contributed by atoms with Gasteiger partial charge in [0.15, 0.2) is 0 Å². The molecule has 0 saturated carbocycles. The summed E-state index contributed by atoms with van der Waals surface area (Å²) in [5, 5.41) is 0. The zero-order valence-corrected chi connectivity index (χ0v) is 14.0. The zero-order chi connectivity index (χ0) is 14.9. The van der Waals surface area contributed by atoms with Crippen molar-refractivity contribution in [3.05, 3.63) is 34.1 Å². The van der Waals surface area contributed by atoms with Crippen LogP contribution in [0.4, 0.5) is 4.39 Å². The van der Waals surface area contributed by atoms with E-state index in [0.29, 0.717) is 30.0 Å². The normalized spacial score (nSPS) is 29.4. The number of likely N-dealkylation sites (tertiary alicyclic amines) is 1. The van der Waals surface area contributed by atoms with Gasteiger partial charge >= 0.3 is 0 Å². The highest BCUT2D eigenvalue weighted by Crippen LogP contribution is 2.35. The molecule has 4 unspecified atom stereocenters. The molecule has 1 fully saturated rings. The van der Waals surface area contributed by atoms with Gasteiger partial charge in [-0.2, -0.15) is 0 Å². The maximum Gasteiger partial charge on any atom is 0.128 e. The number of hydrogen-bond donors (Lipinski definition) is 1. The van der Waals surface area contributed by atoms with Crippen LogP contribution in [-0.4, -0.2) is 24.0 Å². The Kier molecular flexibility index (Phi) is 5.21. The fraction of sp³-hybridized carbons (Fsp3) is 0.625. The molecule has 0 spiro atoms. The van der Waals surface area contributed by atoms with Crippen molar-refractivity contribution < 1.29 is 4.39 Å². The van der Waals surface area contributed by atoms with Crippen LogP contribution in [-0.2, 0) is 0 Å². The number of benzene rings is 1.